The molecule has 1 amide bonds. The topological polar surface area (TPSA) is 108 Å². The van der Waals surface area contributed by atoms with Crippen molar-refractivity contribution in [3.63, 3.8) is 0 Å². The lowest BCUT2D eigenvalue weighted by Gasteiger charge is -2.42. The van der Waals surface area contributed by atoms with Crippen LogP contribution < -0.4 is 5.32 Å². The van der Waals surface area contributed by atoms with Crippen LogP contribution in [0.15, 0.2) is 35.2 Å². The van der Waals surface area contributed by atoms with Gasteiger partial charge in [-0.3, -0.25) is 0 Å². The number of ether oxygens (including phenoxy) is 2. The van der Waals surface area contributed by atoms with E-state index in [4.69, 9.17) is 4.74 Å². The number of rotatable bonds is 4. The zero-order valence-corrected chi connectivity index (χ0v) is 12.8. The van der Waals surface area contributed by atoms with Crippen LogP contribution in [0.25, 0.3) is 0 Å². The summed E-state index contributed by atoms with van der Waals surface area (Å²) >= 11 is 1.28. The molecule has 1 aromatic rings. The number of amides is 1. The lowest BCUT2D eigenvalue weighted by Crippen LogP contribution is -2.63. The van der Waals surface area contributed by atoms with Gasteiger partial charge in [-0.15, -0.1) is 0 Å². The second-order valence-electron chi connectivity index (χ2n) is 4.80. The monoisotopic (exact) mass is 329 g/mol. The molecule has 1 saturated heterocycles. The van der Waals surface area contributed by atoms with Crippen molar-refractivity contribution >= 4 is 17.9 Å². The van der Waals surface area contributed by atoms with Crippen LogP contribution >= 0.6 is 11.8 Å². The van der Waals surface area contributed by atoms with Crippen LogP contribution in [0, 0.1) is 0 Å². The fourth-order valence-corrected chi connectivity index (χ4v) is 3.32. The highest BCUT2D eigenvalue weighted by Crippen LogP contribution is 2.33. The van der Waals surface area contributed by atoms with Gasteiger partial charge in [-0.25, -0.2) is 4.79 Å². The van der Waals surface area contributed by atoms with Gasteiger partial charge < -0.3 is 30.1 Å². The van der Waals surface area contributed by atoms with Gasteiger partial charge in [-0.1, -0.05) is 30.0 Å². The maximum Gasteiger partial charge on any atom is 0.407 e. The highest BCUT2D eigenvalue weighted by atomic mass is 32.2. The van der Waals surface area contributed by atoms with Gasteiger partial charge in [0, 0.05) is 4.90 Å². The van der Waals surface area contributed by atoms with E-state index in [1.165, 1.54) is 18.9 Å². The average molecular weight is 329 g/mol. The standard InChI is InChI=1S/C14H19NO6S/c1-20-14(19)15-10-12(18)11(17)9(7-16)21-13(10)22-8-5-3-2-4-6-8/h2-6,9-13,16-18H,7H2,1H3,(H,15,19)/t9-,10-,11-,12-,13+/m1/s1. The molecule has 5 atom stereocenters. The van der Waals surface area contributed by atoms with Crippen molar-refractivity contribution in [2.75, 3.05) is 13.7 Å². The van der Waals surface area contributed by atoms with Gasteiger partial charge in [0.05, 0.1) is 19.8 Å². The first kappa shape index (κ1) is 17.0. The predicted octanol–water partition coefficient (Wildman–Crippen LogP) is -0.0577. The SMILES string of the molecule is COC(=O)N[C@@H]1[C@@H](O)[C@H](O)[C@@H](CO)O[C@H]1Sc1ccccc1. The van der Waals surface area contributed by atoms with Crippen molar-refractivity contribution in [2.45, 2.75) is 34.7 Å². The maximum absolute atomic E-state index is 11.4. The highest BCUT2D eigenvalue weighted by molar-refractivity contribution is 7.99. The van der Waals surface area contributed by atoms with E-state index in [0.717, 1.165) is 4.90 Å². The van der Waals surface area contributed by atoms with Crippen molar-refractivity contribution in [1.82, 2.24) is 5.32 Å². The summed E-state index contributed by atoms with van der Waals surface area (Å²) in [6, 6.07) is 8.40. The van der Waals surface area contributed by atoms with Crippen LogP contribution in [0.2, 0.25) is 0 Å². The van der Waals surface area contributed by atoms with Gasteiger partial charge in [0.15, 0.2) is 0 Å². The quantitative estimate of drug-likeness (QED) is 0.613. The zero-order chi connectivity index (χ0) is 16.1. The van der Waals surface area contributed by atoms with Crippen LogP contribution in [0.3, 0.4) is 0 Å². The maximum atomic E-state index is 11.4. The molecular weight excluding hydrogens is 310 g/mol. The number of benzene rings is 1. The third-order valence-corrected chi connectivity index (χ3v) is 4.53. The molecule has 8 heteroatoms. The molecule has 0 aromatic heterocycles. The third kappa shape index (κ3) is 3.90. The lowest BCUT2D eigenvalue weighted by molar-refractivity contribution is -0.170. The Balaban J connectivity index is 2.18. The molecule has 0 bridgehead atoms. The van der Waals surface area contributed by atoms with E-state index in [9.17, 15) is 20.1 Å². The fourth-order valence-electron chi connectivity index (χ4n) is 2.16. The van der Waals surface area contributed by atoms with E-state index < -0.39 is 42.5 Å². The fraction of sp³-hybridized carbons (Fsp3) is 0.500. The number of carbonyl (C=O) groups is 1. The minimum atomic E-state index is -1.31. The summed E-state index contributed by atoms with van der Waals surface area (Å²) in [6.07, 6.45) is -4.25. The zero-order valence-electron chi connectivity index (χ0n) is 12.0. The Morgan fingerprint density at radius 1 is 1.32 bits per heavy atom. The number of carbonyl (C=O) groups excluding carboxylic acids is 1. The van der Waals surface area contributed by atoms with Crippen molar-refractivity contribution in [3.8, 4) is 0 Å². The first-order valence-electron chi connectivity index (χ1n) is 6.75. The molecule has 0 radical (unpaired) electrons. The van der Waals surface area contributed by atoms with Crippen LogP contribution in [0.5, 0.6) is 0 Å². The molecule has 1 heterocycles. The van der Waals surface area contributed by atoms with Crippen molar-refractivity contribution in [1.29, 1.82) is 0 Å². The molecule has 4 N–H and O–H groups in total. The Morgan fingerprint density at radius 2 is 2.00 bits per heavy atom. The number of aliphatic hydroxyl groups is 3. The Bertz CT molecular complexity index is 487. The molecule has 7 nitrogen and oxygen atoms in total. The molecule has 22 heavy (non-hydrogen) atoms. The molecule has 0 saturated carbocycles. The Morgan fingerprint density at radius 3 is 2.59 bits per heavy atom. The van der Waals surface area contributed by atoms with Gasteiger partial charge in [0.2, 0.25) is 0 Å². The Kier molecular flexibility index (Phi) is 6.04. The van der Waals surface area contributed by atoms with E-state index in [1.807, 2.05) is 30.3 Å². The smallest absolute Gasteiger partial charge is 0.407 e. The molecule has 0 aliphatic carbocycles. The number of thioether (sulfide) groups is 1. The molecule has 122 valence electrons. The first-order chi connectivity index (χ1) is 10.6. The van der Waals surface area contributed by atoms with Gasteiger partial charge >= 0.3 is 6.09 Å². The predicted molar refractivity (Wildman–Crippen MR) is 79.4 cm³/mol. The van der Waals surface area contributed by atoms with Crippen LogP contribution in [-0.2, 0) is 9.47 Å². The first-order valence-corrected chi connectivity index (χ1v) is 7.63. The van der Waals surface area contributed by atoms with E-state index in [0.29, 0.717) is 0 Å². The number of methoxy groups -OCH3 is 1. The number of aliphatic hydroxyl groups excluding tert-OH is 3. The van der Waals surface area contributed by atoms with Crippen LogP contribution in [0.4, 0.5) is 4.79 Å². The van der Waals surface area contributed by atoms with Crippen LogP contribution in [0.1, 0.15) is 0 Å². The summed E-state index contributed by atoms with van der Waals surface area (Å²) in [7, 11) is 1.21. The van der Waals surface area contributed by atoms with Crippen molar-refractivity contribution in [2.24, 2.45) is 0 Å². The summed E-state index contributed by atoms with van der Waals surface area (Å²) in [5.41, 5.74) is -0.683. The largest absolute Gasteiger partial charge is 0.453 e. The normalized spacial score (nSPS) is 31.5. The van der Waals surface area contributed by atoms with Gasteiger partial charge in [-0.05, 0) is 12.1 Å². The summed E-state index contributed by atoms with van der Waals surface area (Å²) in [5.74, 6) is 0. The van der Waals surface area contributed by atoms with E-state index in [2.05, 4.69) is 10.1 Å². The number of hydrogen-bond acceptors (Lipinski definition) is 7. The molecule has 0 spiro atoms. The van der Waals surface area contributed by atoms with E-state index in [-0.39, 0.29) is 0 Å². The number of nitrogens with one attached hydrogen (secondary N) is 1. The van der Waals surface area contributed by atoms with Crippen LogP contribution in [-0.4, -0.2) is 64.9 Å². The summed E-state index contributed by atoms with van der Waals surface area (Å²) in [5, 5.41) is 31.9. The average Bonchev–Trinajstić information content (AvgIpc) is 2.55. The van der Waals surface area contributed by atoms with E-state index in [1.54, 1.807) is 0 Å². The molecule has 1 aliphatic heterocycles. The molecule has 1 fully saturated rings. The summed E-state index contributed by atoms with van der Waals surface area (Å²) in [4.78, 5) is 12.3. The summed E-state index contributed by atoms with van der Waals surface area (Å²) < 4.78 is 10.1. The molecular formula is C14H19NO6S. The molecule has 2 rings (SSSR count). The molecule has 0 unspecified atom stereocenters. The van der Waals surface area contributed by atoms with E-state index >= 15 is 0 Å². The molecule has 1 aromatic carbocycles. The van der Waals surface area contributed by atoms with Gasteiger partial charge in [0.1, 0.15) is 23.7 Å². The Labute approximate surface area is 132 Å². The van der Waals surface area contributed by atoms with Gasteiger partial charge in [-0.2, -0.15) is 0 Å². The number of alkyl carbamates (subject to hydrolysis) is 1. The minimum absolute atomic E-state index is 0.435. The second kappa shape index (κ2) is 7.80. The third-order valence-electron chi connectivity index (χ3n) is 3.35. The lowest BCUT2D eigenvalue weighted by atomic mass is 9.98. The Hall–Kier alpha value is -1.32. The van der Waals surface area contributed by atoms with Gasteiger partial charge in [0.25, 0.3) is 0 Å². The minimum Gasteiger partial charge on any atom is -0.453 e. The second-order valence-corrected chi connectivity index (χ2v) is 5.97. The molecule has 1 aliphatic rings. The summed E-state index contributed by atoms with van der Waals surface area (Å²) in [6.45, 7) is -0.435. The number of hydrogen-bond donors (Lipinski definition) is 4. The highest BCUT2D eigenvalue weighted by Gasteiger charge is 2.45. The van der Waals surface area contributed by atoms with Crippen molar-refractivity contribution in [3.05, 3.63) is 30.3 Å². The van der Waals surface area contributed by atoms with Crippen molar-refractivity contribution < 1.29 is 29.6 Å².